The van der Waals surface area contributed by atoms with Crippen LogP contribution in [0.25, 0.3) is 0 Å². The molecule has 1 saturated carbocycles. The predicted molar refractivity (Wildman–Crippen MR) is 150 cm³/mol. The highest BCUT2D eigenvalue weighted by atomic mass is 35.5. The van der Waals surface area contributed by atoms with Crippen LogP contribution in [0, 0.1) is 18.2 Å². The Labute approximate surface area is 238 Å². The van der Waals surface area contributed by atoms with Crippen molar-refractivity contribution in [3.63, 3.8) is 0 Å². The van der Waals surface area contributed by atoms with E-state index >= 15 is 0 Å². The highest BCUT2D eigenvalue weighted by Gasteiger charge is 2.76. The molecule has 0 aromatic heterocycles. The summed E-state index contributed by atoms with van der Waals surface area (Å²) in [5.74, 6) is -1.87. The van der Waals surface area contributed by atoms with E-state index in [4.69, 9.17) is 46.4 Å². The van der Waals surface area contributed by atoms with E-state index in [0.29, 0.717) is 34.5 Å². The summed E-state index contributed by atoms with van der Waals surface area (Å²) < 4.78 is 12.2. The largest absolute Gasteiger partial charge is 0.384 e. The second-order valence-corrected chi connectivity index (χ2v) is 11.3. The fourth-order valence-corrected chi connectivity index (χ4v) is 5.76. The number of aldehydes is 1. The zero-order chi connectivity index (χ0) is 27.8. The van der Waals surface area contributed by atoms with Gasteiger partial charge in [-0.1, -0.05) is 52.5 Å². The molecule has 0 radical (unpaired) electrons. The smallest absolute Gasteiger partial charge is 0.257 e. The molecule has 1 aliphatic rings. The Morgan fingerprint density at radius 1 is 0.974 bits per heavy atom. The molecule has 3 aromatic rings. The predicted octanol–water partition coefficient (Wildman–Crippen LogP) is 7.22. The lowest BCUT2D eigenvalue weighted by Crippen LogP contribution is -2.23. The molecule has 2 atom stereocenters. The summed E-state index contributed by atoms with van der Waals surface area (Å²) >= 11 is 25.4. The van der Waals surface area contributed by atoms with Crippen LogP contribution in [0.2, 0.25) is 10.0 Å². The number of hydrogen-bond acceptors (Lipinski definition) is 4. The first-order chi connectivity index (χ1) is 17.9. The molecule has 3 N–H and O–H groups in total. The average Bonchev–Trinajstić information content (AvgIpc) is 3.36. The van der Waals surface area contributed by atoms with Crippen LogP contribution in [-0.4, -0.2) is 29.0 Å². The molecule has 2 unspecified atom stereocenters. The van der Waals surface area contributed by atoms with Crippen LogP contribution in [0.3, 0.4) is 0 Å². The number of amides is 2. The maximum absolute atomic E-state index is 13.7. The molecule has 6 nitrogen and oxygen atoms in total. The van der Waals surface area contributed by atoms with E-state index in [1.54, 1.807) is 43.3 Å². The minimum absolute atomic E-state index is 0.0376. The monoisotopic (exact) mass is 595 g/mol. The van der Waals surface area contributed by atoms with Crippen LogP contribution in [0.5, 0.6) is 0 Å². The highest BCUT2D eigenvalue weighted by molar-refractivity contribution is 6.54. The van der Waals surface area contributed by atoms with Crippen molar-refractivity contribution in [3.05, 3.63) is 87.2 Å². The molecule has 1 fully saturated rings. The van der Waals surface area contributed by atoms with Gasteiger partial charge in [-0.05, 0) is 66.6 Å². The van der Waals surface area contributed by atoms with Gasteiger partial charge in [0.25, 0.3) is 5.91 Å². The highest BCUT2D eigenvalue weighted by Crippen LogP contribution is 2.73. The minimum atomic E-state index is -1.45. The van der Waals surface area contributed by atoms with Gasteiger partial charge in [-0.2, -0.15) is 0 Å². The molecule has 0 aliphatic heterocycles. The van der Waals surface area contributed by atoms with Gasteiger partial charge in [-0.3, -0.25) is 9.59 Å². The maximum atomic E-state index is 13.7. The first-order valence-electron chi connectivity index (χ1n) is 11.4. The minimum Gasteiger partial charge on any atom is -0.384 e. The third kappa shape index (κ3) is 5.34. The van der Waals surface area contributed by atoms with Gasteiger partial charge in [0.05, 0.1) is 21.0 Å². The van der Waals surface area contributed by atoms with Crippen molar-refractivity contribution in [2.45, 2.75) is 24.1 Å². The fourth-order valence-electron chi connectivity index (χ4n) is 4.41. The summed E-state index contributed by atoms with van der Waals surface area (Å²) in [6.45, 7) is 3.19. The van der Waals surface area contributed by atoms with E-state index in [0.717, 1.165) is 0 Å². The van der Waals surface area contributed by atoms with Crippen molar-refractivity contribution in [2.24, 2.45) is 5.41 Å². The van der Waals surface area contributed by atoms with Crippen LogP contribution >= 0.6 is 46.4 Å². The number of anilines is 3. The quantitative estimate of drug-likeness (QED) is 0.189. The Hall–Kier alpha value is -2.84. The number of carbonyl (C=O) groups is 3. The van der Waals surface area contributed by atoms with Crippen molar-refractivity contribution >= 4 is 81.6 Å². The van der Waals surface area contributed by atoms with E-state index in [1.807, 2.05) is 0 Å². The molecule has 3 aromatic carbocycles. The number of aryl methyl sites for hydroxylation is 1. The number of alkyl halides is 2. The molecule has 0 spiro atoms. The Morgan fingerprint density at radius 2 is 1.61 bits per heavy atom. The van der Waals surface area contributed by atoms with Gasteiger partial charge < -0.3 is 20.7 Å². The lowest BCUT2D eigenvalue weighted by molar-refractivity contribution is -0.114. The van der Waals surface area contributed by atoms with E-state index < -0.39 is 27.4 Å². The third-order valence-electron chi connectivity index (χ3n) is 6.45. The Balaban J connectivity index is 1.52. The van der Waals surface area contributed by atoms with Crippen molar-refractivity contribution in [2.75, 3.05) is 22.5 Å². The number of hydrogen-bond donors (Lipinski definition) is 3. The third-order valence-corrected chi connectivity index (χ3v) is 8.38. The van der Waals surface area contributed by atoms with Crippen LogP contribution in [0.15, 0.2) is 54.6 Å². The first kappa shape index (κ1) is 28.2. The number of rotatable bonds is 8. The Kier molecular flexibility index (Phi) is 7.96. The molecular formula is C27H22Cl4FN3O3. The summed E-state index contributed by atoms with van der Waals surface area (Å²) in [7, 11) is 0. The number of benzene rings is 3. The molecule has 0 heterocycles. The molecule has 198 valence electrons. The van der Waals surface area contributed by atoms with Gasteiger partial charge in [0.1, 0.15) is 16.4 Å². The summed E-state index contributed by atoms with van der Waals surface area (Å²) in [5, 5.41) is 8.74. The fraction of sp³-hybridized carbons (Fsp3) is 0.222. The topological polar surface area (TPSA) is 87.3 Å². The van der Waals surface area contributed by atoms with Gasteiger partial charge >= 0.3 is 0 Å². The molecule has 1 aliphatic carbocycles. The van der Waals surface area contributed by atoms with Crippen molar-refractivity contribution < 1.29 is 18.8 Å². The van der Waals surface area contributed by atoms with Crippen LogP contribution < -0.4 is 16.0 Å². The molecule has 0 saturated heterocycles. The van der Waals surface area contributed by atoms with Crippen LogP contribution in [0.1, 0.15) is 34.3 Å². The van der Waals surface area contributed by atoms with E-state index in [9.17, 15) is 18.8 Å². The first-order valence-corrected chi connectivity index (χ1v) is 12.9. The van der Waals surface area contributed by atoms with E-state index in [-0.39, 0.29) is 28.1 Å². The van der Waals surface area contributed by atoms with Gasteiger partial charge in [0.15, 0.2) is 0 Å². The van der Waals surface area contributed by atoms with Gasteiger partial charge in [0, 0.05) is 36.4 Å². The molecular weight excluding hydrogens is 575 g/mol. The van der Waals surface area contributed by atoms with Gasteiger partial charge in [0.2, 0.25) is 5.91 Å². The summed E-state index contributed by atoms with van der Waals surface area (Å²) in [6.07, 6.45) is 0.683. The zero-order valence-electron chi connectivity index (χ0n) is 20.2. The Bertz CT molecular complexity index is 1430. The van der Waals surface area contributed by atoms with Crippen molar-refractivity contribution in [1.82, 2.24) is 0 Å². The number of halogens is 5. The van der Waals surface area contributed by atoms with Crippen molar-refractivity contribution in [3.8, 4) is 0 Å². The molecule has 38 heavy (non-hydrogen) atoms. The number of nitrogens with one attached hydrogen (secondary N) is 3. The molecule has 11 heteroatoms. The second-order valence-electron chi connectivity index (χ2n) is 9.11. The molecule has 0 bridgehead atoms. The van der Waals surface area contributed by atoms with Crippen molar-refractivity contribution in [1.29, 1.82) is 0 Å². The Morgan fingerprint density at radius 3 is 2.18 bits per heavy atom. The summed E-state index contributed by atoms with van der Waals surface area (Å²) in [6, 6.07) is 14.0. The molecule has 2 amide bonds. The van der Waals surface area contributed by atoms with Gasteiger partial charge in [-0.25, -0.2) is 4.39 Å². The number of carbonyl (C=O) groups excluding carboxylic acids is 3. The zero-order valence-corrected chi connectivity index (χ0v) is 23.2. The SMILES string of the molecule is CC(=O)Nc1ccc(NC(=O)c2cc(NCC3(C=O)C(c4ccc(F)c(Cl)c4)C3(Cl)Cl)cc(C)c2Cl)cc1. The summed E-state index contributed by atoms with van der Waals surface area (Å²) in [5.41, 5.74) is 1.77. The van der Waals surface area contributed by atoms with E-state index in [2.05, 4.69) is 16.0 Å². The normalized spacial score (nSPS) is 19.4. The summed E-state index contributed by atoms with van der Waals surface area (Å²) in [4.78, 5) is 36.5. The lowest BCUT2D eigenvalue weighted by atomic mass is 10.00. The maximum Gasteiger partial charge on any atom is 0.257 e. The lowest BCUT2D eigenvalue weighted by Gasteiger charge is -2.16. The molecule has 4 rings (SSSR count). The average molecular weight is 597 g/mol. The standard InChI is InChI=1S/C27H22Cl4FN3O3/c1-14-9-19(11-20(23(14)29)25(38)35-18-6-4-17(5-7-18)34-15(2)37)33-12-26(13-36)24(27(26,30)31)16-3-8-22(32)21(28)10-16/h3-11,13,24,33H,12H2,1-2H3,(H,34,37)(H,35,38). The second kappa shape index (κ2) is 10.7. The van der Waals surface area contributed by atoms with E-state index in [1.165, 1.54) is 25.1 Å². The van der Waals surface area contributed by atoms with Crippen LogP contribution in [-0.2, 0) is 9.59 Å². The van der Waals surface area contributed by atoms with Gasteiger partial charge in [-0.15, -0.1) is 0 Å². The van der Waals surface area contributed by atoms with Crippen LogP contribution in [0.4, 0.5) is 21.5 Å².